The molecule has 0 aliphatic heterocycles. The molecule has 0 aliphatic carbocycles. The summed E-state index contributed by atoms with van der Waals surface area (Å²) in [7, 11) is 2.05. The first-order valence-electron chi connectivity index (χ1n) is 7.23. The van der Waals surface area contributed by atoms with Gasteiger partial charge in [-0.2, -0.15) is 0 Å². The highest BCUT2D eigenvalue weighted by Crippen LogP contribution is 2.26. The zero-order valence-corrected chi connectivity index (χ0v) is 12.2. The van der Waals surface area contributed by atoms with E-state index in [2.05, 4.69) is 55.5 Å². The number of pyridine rings is 1. The first-order valence-corrected chi connectivity index (χ1v) is 7.23. The predicted molar refractivity (Wildman–Crippen MR) is 82.2 cm³/mol. The molecule has 0 aliphatic rings. The minimum Gasteiger partial charge on any atom is -0.313 e. The van der Waals surface area contributed by atoms with Crippen LogP contribution in [0.2, 0.25) is 0 Å². The Morgan fingerprint density at radius 3 is 2.63 bits per heavy atom. The molecule has 0 radical (unpaired) electrons. The van der Waals surface area contributed by atoms with Crippen LogP contribution in [0, 0.1) is 5.92 Å². The van der Waals surface area contributed by atoms with Gasteiger partial charge in [0.1, 0.15) is 0 Å². The minimum absolute atomic E-state index is 0.423. The summed E-state index contributed by atoms with van der Waals surface area (Å²) in [6.45, 7) is 4.58. The maximum absolute atomic E-state index is 4.44. The Balaban J connectivity index is 2.20. The molecule has 1 heterocycles. The van der Waals surface area contributed by atoms with Crippen molar-refractivity contribution in [2.24, 2.45) is 5.92 Å². The number of aromatic nitrogens is 1. The van der Waals surface area contributed by atoms with Gasteiger partial charge in [-0.15, -0.1) is 0 Å². The molecule has 1 aromatic carbocycles. The highest BCUT2D eigenvalue weighted by Gasteiger charge is 2.12. The third-order valence-electron chi connectivity index (χ3n) is 3.68. The second-order valence-corrected chi connectivity index (χ2v) is 5.58. The fourth-order valence-electron chi connectivity index (χ4n) is 2.61. The van der Waals surface area contributed by atoms with Crippen LogP contribution in [-0.2, 0) is 0 Å². The quantitative estimate of drug-likeness (QED) is 0.832. The van der Waals surface area contributed by atoms with Crippen LogP contribution in [0.25, 0.3) is 10.9 Å². The maximum Gasteiger partial charge on any atom is 0.0705 e. The van der Waals surface area contributed by atoms with Gasteiger partial charge in [-0.05, 0) is 37.1 Å². The molecule has 19 heavy (non-hydrogen) atoms. The molecule has 1 unspecified atom stereocenters. The van der Waals surface area contributed by atoms with E-state index in [1.54, 1.807) is 0 Å². The van der Waals surface area contributed by atoms with Crippen molar-refractivity contribution in [1.82, 2.24) is 10.3 Å². The SMILES string of the molecule is CNC(CCCC(C)C)c1ccnc2ccccc12. The molecule has 1 aromatic heterocycles. The molecule has 2 rings (SSSR count). The standard InChI is InChI=1S/C17H24N2/c1-13(2)7-6-10-16(18-3)15-11-12-19-17-9-5-4-8-14(15)17/h4-5,8-9,11-13,16,18H,6-7,10H2,1-3H3. The number of para-hydroxylation sites is 1. The number of nitrogens with zero attached hydrogens (tertiary/aromatic N) is 1. The monoisotopic (exact) mass is 256 g/mol. The lowest BCUT2D eigenvalue weighted by molar-refractivity contribution is 0.472. The molecular weight excluding hydrogens is 232 g/mol. The van der Waals surface area contributed by atoms with Crippen molar-refractivity contribution in [2.45, 2.75) is 39.2 Å². The summed E-state index contributed by atoms with van der Waals surface area (Å²) in [6.07, 6.45) is 5.66. The Morgan fingerprint density at radius 1 is 1.11 bits per heavy atom. The molecule has 2 heteroatoms. The smallest absolute Gasteiger partial charge is 0.0705 e. The van der Waals surface area contributed by atoms with E-state index in [-0.39, 0.29) is 0 Å². The molecule has 0 bridgehead atoms. The van der Waals surface area contributed by atoms with Crippen molar-refractivity contribution < 1.29 is 0 Å². The predicted octanol–water partition coefficient (Wildman–Crippen LogP) is 4.32. The molecule has 0 amide bonds. The minimum atomic E-state index is 0.423. The first kappa shape index (κ1) is 14.0. The Bertz CT molecular complexity index is 514. The van der Waals surface area contributed by atoms with Crippen LogP contribution in [0.1, 0.15) is 44.7 Å². The zero-order chi connectivity index (χ0) is 13.7. The van der Waals surface area contributed by atoms with Crippen LogP contribution in [0.5, 0.6) is 0 Å². The summed E-state index contributed by atoms with van der Waals surface area (Å²) in [4.78, 5) is 4.44. The molecule has 1 N–H and O–H groups in total. The largest absolute Gasteiger partial charge is 0.313 e. The molecule has 0 saturated heterocycles. The van der Waals surface area contributed by atoms with Crippen LogP contribution in [-0.4, -0.2) is 12.0 Å². The Kier molecular flexibility index (Phi) is 4.92. The normalized spacial score (nSPS) is 13.1. The third kappa shape index (κ3) is 3.54. The van der Waals surface area contributed by atoms with Gasteiger partial charge in [0.25, 0.3) is 0 Å². The Morgan fingerprint density at radius 2 is 1.89 bits per heavy atom. The Hall–Kier alpha value is -1.41. The summed E-state index contributed by atoms with van der Waals surface area (Å²) in [5, 5.41) is 4.73. The van der Waals surface area contributed by atoms with E-state index in [1.165, 1.54) is 30.2 Å². The van der Waals surface area contributed by atoms with Gasteiger partial charge in [-0.3, -0.25) is 4.98 Å². The first-order chi connectivity index (χ1) is 9.22. The van der Waals surface area contributed by atoms with Gasteiger partial charge >= 0.3 is 0 Å². The van der Waals surface area contributed by atoms with Gasteiger partial charge in [-0.1, -0.05) is 44.9 Å². The lowest BCUT2D eigenvalue weighted by Gasteiger charge is -2.19. The molecule has 2 nitrogen and oxygen atoms in total. The highest BCUT2D eigenvalue weighted by atomic mass is 14.9. The van der Waals surface area contributed by atoms with Crippen molar-refractivity contribution in [3.05, 3.63) is 42.1 Å². The molecule has 1 atom stereocenters. The van der Waals surface area contributed by atoms with Crippen molar-refractivity contribution >= 4 is 10.9 Å². The molecule has 0 spiro atoms. The van der Waals surface area contributed by atoms with Crippen LogP contribution >= 0.6 is 0 Å². The number of hydrogen-bond donors (Lipinski definition) is 1. The molecule has 102 valence electrons. The van der Waals surface area contributed by atoms with Crippen molar-refractivity contribution in [3.63, 3.8) is 0 Å². The molecular formula is C17H24N2. The third-order valence-corrected chi connectivity index (χ3v) is 3.68. The highest BCUT2D eigenvalue weighted by molar-refractivity contribution is 5.82. The van der Waals surface area contributed by atoms with E-state index >= 15 is 0 Å². The second-order valence-electron chi connectivity index (χ2n) is 5.58. The van der Waals surface area contributed by atoms with Gasteiger partial charge in [0.05, 0.1) is 5.52 Å². The fourth-order valence-corrected chi connectivity index (χ4v) is 2.61. The van der Waals surface area contributed by atoms with Crippen LogP contribution in [0.4, 0.5) is 0 Å². The molecule has 0 saturated carbocycles. The van der Waals surface area contributed by atoms with Crippen molar-refractivity contribution in [2.75, 3.05) is 7.05 Å². The average molecular weight is 256 g/mol. The second kappa shape index (κ2) is 6.67. The summed E-state index contributed by atoms with van der Waals surface area (Å²) >= 11 is 0. The summed E-state index contributed by atoms with van der Waals surface area (Å²) < 4.78 is 0. The van der Waals surface area contributed by atoms with Gasteiger partial charge in [-0.25, -0.2) is 0 Å². The topological polar surface area (TPSA) is 24.9 Å². The van der Waals surface area contributed by atoms with Gasteiger partial charge in [0.15, 0.2) is 0 Å². The molecule has 2 aromatic rings. The van der Waals surface area contributed by atoms with Crippen LogP contribution in [0.15, 0.2) is 36.5 Å². The van der Waals surface area contributed by atoms with E-state index in [0.717, 1.165) is 11.4 Å². The number of hydrogen-bond acceptors (Lipinski definition) is 2. The summed E-state index contributed by atoms with van der Waals surface area (Å²) in [6, 6.07) is 11.0. The maximum atomic E-state index is 4.44. The number of rotatable bonds is 6. The zero-order valence-electron chi connectivity index (χ0n) is 12.2. The van der Waals surface area contributed by atoms with Gasteiger partial charge < -0.3 is 5.32 Å². The van der Waals surface area contributed by atoms with E-state index in [1.807, 2.05) is 12.3 Å². The number of nitrogens with one attached hydrogen (secondary N) is 1. The van der Waals surface area contributed by atoms with E-state index in [4.69, 9.17) is 0 Å². The molecule has 0 fully saturated rings. The van der Waals surface area contributed by atoms with Gasteiger partial charge in [0, 0.05) is 17.6 Å². The summed E-state index contributed by atoms with van der Waals surface area (Å²) in [5.41, 5.74) is 2.46. The van der Waals surface area contributed by atoms with Crippen LogP contribution < -0.4 is 5.32 Å². The van der Waals surface area contributed by atoms with Crippen LogP contribution in [0.3, 0.4) is 0 Å². The van der Waals surface area contributed by atoms with E-state index < -0.39 is 0 Å². The number of fused-ring (bicyclic) bond motifs is 1. The van der Waals surface area contributed by atoms with E-state index in [9.17, 15) is 0 Å². The van der Waals surface area contributed by atoms with E-state index in [0.29, 0.717) is 6.04 Å². The van der Waals surface area contributed by atoms with Gasteiger partial charge in [0.2, 0.25) is 0 Å². The Labute approximate surface area is 116 Å². The average Bonchev–Trinajstić information content (AvgIpc) is 2.43. The lowest BCUT2D eigenvalue weighted by atomic mass is 9.96. The fraction of sp³-hybridized carbons (Fsp3) is 0.471. The lowest BCUT2D eigenvalue weighted by Crippen LogP contribution is -2.17. The number of benzene rings is 1. The van der Waals surface area contributed by atoms with Crippen molar-refractivity contribution in [1.29, 1.82) is 0 Å². The summed E-state index contributed by atoms with van der Waals surface area (Å²) in [5.74, 6) is 0.784. The van der Waals surface area contributed by atoms with Crippen molar-refractivity contribution in [3.8, 4) is 0 Å².